The molecule has 122 valence electrons. The maximum Gasteiger partial charge on any atom is 0.276 e. The predicted molar refractivity (Wildman–Crippen MR) is 83.6 cm³/mol. The second-order valence-corrected chi connectivity index (χ2v) is 5.92. The van der Waals surface area contributed by atoms with Gasteiger partial charge in [-0.25, -0.2) is 4.39 Å². The Morgan fingerprint density at radius 1 is 1.39 bits per heavy atom. The molecule has 2 aromatic rings. The molecule has 0 radical (unpaired) electrons. The van der Waals surface area contributed by atoms with Crippen LogP contribution in [0, 0.1) is 11.7 Å². The zero-order chi connectivity index (χ0) is 16.4. The highest BCUT2D eigenvalue weighted by molar-refractivity contribution is 5.92. The van der Waals surface area contributed by atoms with Crippen molar-refractivity contribution in [1.82, 2.24) is 19.9 Å². The molecule has 1 saturated heterocycles. The van der Waals surface area contributed by atoms with Gasteiger partial charge in [-0.3, -0.25) is 4.79 Å². The van der Waals surface area contributed by atoms with Gasteiger partial charge in [-0.1, -0.05) is 6.92 Å². The van der Waals surface area contributed by atoms with E-state index in [-0.39, 0.29) is 23.5 Å². The molecule has 7 heteroatoms. The highest BCUT2D eigenvalue weighted by atomic mass is 19.1. The molecule has 1 aliphatic rings. The number of piperidine rings is 1. The SMILES string of the molecule is C[C@H]1CCCN(C(=O)c2cnn(-c3ccc(F)cc3)n2)[C@H]1CN. The van der Waals surface area contributed by atoms with Gasteiger partial charge in [-0.05, 0) is 43.0 Å². The molecule has 1 amide bonds. The van der Waals surface area contributed by atoms with Crippen molar-refractivity contribution >= 4 is 5.91 Å². The quantitative estimate of drug-likeness (QED) is 0.933. The van der Waals surface area contributed by atoms with E-state index in [1.807, 2.05) is 0 Å². The third kappa shape index (κ3) is 3.10. The van der Waals surface area contributed by atoms with Gasteiger partial charge < -0.3 is 10.6 Å². The number of carbonyl (C=O) groups is 1. The van der Waals surface area contributed by atoms with E-state index in [4.69, 9.17) is 5.73 Å². The number of aromatic nitrogens is 3. The molecule has 1 aromatic heterocycles. The number of amides is 1. The van der Waals surface area contributed by atoms with Gasteiger partial charge in [-0.15, -0.1) is 5.10 Å². The first-order valence-electron chi connectivity index (χ1n) is 7.79. The number of benzene rings is 1. The van der Waals surface area contributed by atoms with Crippen LogP contribution >= 0.6 is 0 Å². The Bertz CT molecular complexity index is 684. The van der Waals surface area contributed by atoms with Gasteiger partial charge in [0.15, 0.2) is 5.69 Å². The second kappa shape index (κ2) is 6.45. The van der Waals surface area contributed by atoms with Crippen molar-refractivity contribution in [2.45, 2.75) is 25.8 Å². The number of halogens is 1. The number of hydrogen-bond donors (Lipinski definition) is 1. The summed E-state index contributed by atoms with van der Waals surface area (Å²) in [6.45, 7) is 3.25. The Kier molecular flexibility index (Phi) is 4.38. The number of rotatable bonds is 3. The topological polar surface area (TPSA) is 77.0 Å². The van der Waals surface area contributed by atoms with Gasteiger partial charge in [0.05, 0.1) is 11.9 Å². The van der Waals surface area contributed by atoms with Crippen LogP contribution in [0.5, 0.6) is 0 Å². The lowest BCUT2D eigenvalue weighted by Gasteiger charge is -2.39. The maximum atomic E-state index is 13.0. The minimum absolute atomic E-state index is 0.0345. The van der Waals surface area contributed by atoms with E-state index in [1.165, 1.54) is 23.1 Å². The minimum atomic E-state index is -0.328. The van der Waals surface area contributed by atoms with Crippen LogP contribution in [0.15, 0.2) is 30.5 Å². The van der Waals surface area contributed by atoms with Crippen LogP contribution in [0.4, 0.5) is 4.39 Å². The number of hydrogen-bond acceptors (Lipinski definition) is 4. The van der Waals surface area contributed by atoms with E-state index in [1.54, 1.807) is 17.0 Å². The lowest BCUT2D eigenvalue weighted by molar-refractivity contribution is 0.0526. The van der Waals surface area contributed by atoms with Crippen molar-refractivity contribution in [2.24, 2.45) is 11.7 Å². The number of nitrogens with zero attached hydrogens (tertiary/aromatic N) is 4. The van der Waals surface area contributed by atoms with Crippen molar-refractivity contribution in [3.05, 3.63) is 42.0 Å². The summed E-state index contributed by atoms with van der Waals surface area (Å²) in [7, 11) is 0. The van der Waals surface area contributed by atoms with Crippen LogP contribution in [0.25, 0.3) is 5.69 Å². The molecule has 23 heavy (non-hydrogen) atoms. The summed E-state index contributed by atoms with van der Waals surface area (Å²) in [5.74, 6) is -0.101. The van der Waals surface area contributed by atoms with E-state index in [0.29, 0.717) is 24.7 Å². The predicted octanol–water partition coefficient (Wildman–Crippen LogP) is 1.61. The molecule has 2 N–H and O–H groups in total. The Labute approximate surface area is 134 Å². The number of likely N-dealkylation sites (tertiary alicyclic amines) is 1. The Morgan fingerprint density at radius 2 is 2.13 bits per heavy atom. The fourth-order valence-electron chi connectivity index (χ4n) is 3.07. The first-order valence-corrected chi connectivity index (χ1v) is 7.79. The summed E-state index contributed by atoms with van der Waals surface area (Å²) in [6, 6.07) is 5.82. The summed E-state index contributed by atoms with van der Waals surface area (Å²) in [6.07, 6.45) is 3.49. The van der Waals surface area contributed by atoms with E-state index in [9.17, 15) is 9.18 Å². The third-order valence-corrected chi connectivity index (χ3v) is 4.39. The molecule has 1 fully saturated rings. The first kappa shape index (κ1) is 15.6. The first-order chi connectivity index (χ1) is 11.1. The molecule has 0 aliphatic carbocycles. The maximum absolute atomic E-state index is 13.0. The summed E-state index contributed by atoms with van der Waals surface area (Å²) >= 11 is 0. The molecule has 1 aromatic carbocycles. The third-order valence-electron chi connectivity index (χ3n) is 4.39. The van der Waals surface area contributed by atoms with Crippen LogP contribution in [-0.2, 0) is 0 Å². The van der Waals surface area contributed by atoms with Crippen molar-refractivity contribution in [3.8, 4) is 5.69 Å². The molecular weight excluding hydrogens is 297 g/mol. The molecule has 1 aliphatic heterocycles. The normalized spacial score (nSPS) is 21.4. The lowest BCUT2D eigenvalue weighted by Crippen LogP contribution is -2.51. The van der Waals surface area contributed by atoms with E-state index in [2.05, 4.69) is 17.1 Å². The van der Waals surface area contributed by atoms with Crippen molar-refractivity contribution < 1.29 is 9.18 Å². The fourth-order valence-corrected chi connectivity index (χ4v) is 3.07. The smallest absolute Gasteiger partial charge is 0.276 e. The van der Waals surface area contributed by atoms with Gasteiger partial charge in [0, 0.05) is 19.1 Å². The largest absolute Gasteiger partial charge is 0.333 e. The van der Waals surface area contributed by atoms with E-state index >= 15 is 0 Å². The van der Waals surface area contributed by atoms with Crippen LogP contribution in [0.1, 0.15) is 30.3 Å². The lowest BCUT2D eigenvalue weighted by atomic mass is 9.90. The van der Waals surface area contributed by atoms with E-state index in [0.717, 1.165) is 12.8 Å². The molecule has 3 rings (SSSR count). The van der Waals surface area contributed by atoms with Crippen LogP contribution in [0.3, 0.4) is 0 Å². The Morgan fingerprint density at radius 3 is 2.83 bits per heavy atom. The van der Waals surface area contributed by atoms with Gasteiger partial charge in [0.2, 0.25) is 0 Å². The molecule has 2 heterocycles. The van der Waals surface area contributed by atoms with E-state index < -0.39 is 0 Å². The van der Waals surface area contributed by atoms with Crippen molar-refractivity contribution in [1.29, 1.82) is 0 Å². The highest BCUT2D eigenvalue weighted by Gasteiger charge is 2.32. The monoisotopic (exact) mass is 317 g/mol. The zero-order valence-electron chi connectivity index (χ0n) is 13.0. The molecule has 2 atom stereocenters. The minimum Gasteiger partial charge on any atom is -0.333 e. The van der Waals surface area contributed by atoms with Crippen LogP contribution in [-0.4, -0.2) is 44.9 Å². The molecular formula is C16H20FN5O. The molecule has 6 nitrogen and oxygen atoms in total. The summed E-state index contributed by atoms with van der Waals surface area (Å²) < 4.78 is 13.0. The second-order valence-electron chi connectivity index (χ2n) is 5.92. The summed E-state index contributed by atoms with van der Waals surface area (Å²) in [4.78, 5) is 15.8. The molecule has 0 bridgehead atoms. The molecule has 0 unspecified atom stereocenters. The summed E-state index contributed by atoms with van der Waals surface area (Å²) in [5.41, 5.74) is 6.72. The fraction of sp³-hybridized carbons (Fsp3) is 0.438. The molecule has 0 saturated carbocycles. The Hall–Kier alpha value is -2.28. The summed E-state index contributed by atoms with van der Waals surface area (Å²) in [5, 5.41) is 8.34. The Balaban J connectivity index is 1.82. The average molecular weight is 317 g/mol. The van der Waals surface area contributed by atoms with Gasteiger partial charge >= 0.3 is 0 Å². The standard InChI is InChI=1S/C16H20FN5O/c1-11-3-2-8-21(15(11)9-18)16(23)14-10-19-22(20-14)13-6-4-12(17)5-7-13/h4-7,10-11,15H,2-3,8-9,18H2,1H3/t11-,15-/m0/s1. The zero-order valence-corrected chi connectivity index (χ0v) is 13.0. The highest BCUT2D eigenvalue weighted by Crippen LogP contribution is 2.24. The average Bonchev–Trinajstić information content (AvgIpc) is 3.04. The van der Waals surface area contributed by atoms with Crippen molar-refractivity contribution in [3.63, 3.8) is 0 Å². The number of carbonyl (C=O) groups excluding carboxylic acids is 1. The van der Waals surface area contributed by atoms with Crippen LogP contribution in [0.2, 0.25) is 0 Å². The van der Waals surface area contributed by atoms with Crippen molar-refractivity contribution in [2.75, 3.05) is 13.1 Å². The van der Waals surface area contributed by atoms with Gasteiger partial charge in [0.25, 0.3) is 5.91 Å². The number of nitrogens with two attached hydrogens (primary N) is 1. The van der Waals surface area contributed by atoms with Crippen LogP contribution < -0.4 is 5.73 Å². The molecule has 0 spiro atoms. The van der Waals surface area contributed by atoms with Gasteiger partial charge in [-0.2, -0.15) is 9.90 Å². The van der Waals surface area contributed by atoms with Gasteiger partial charge in [0.1, 0.15) is 5.82 Å².